The highest BCUT2D eigenvalue weighted by atomic mass is 16.2. The smallest absolute Gasteiger partial charge is 0.319 e. The fraction of sp³-hybridized carbons (Fsp3) is 0.0588. The Kier molecular flexibility index (Phi) is 10.9. The van der Waals surface area contributed by atoms with Crippen LogP contribution in [0.1, 0.15) is 11.1 Å². The summed E-state index contributed by atoms with van der Waals surface area (Å²) in [7, 11) is 0. The molecule has 0 bridgehead atoms. The number of urea groups is 1. The molecular weight excluding hydrogens is 556 g/mol. The Labute approximate surface area is 252 Å². The van der Waals surface area contributed by atoms with E-state index in [1.807, 2.05) is 66.7 Å². The SMILES string of the molecule is Nc1ccc2c(=O)[nH]ccc2c1.O=C(NCc1ccccc1)Nc1ccc2c(=O)[nH]ccc2c1.O=C=NCc1ccccc1. The second-order valence-electron chi connectivity index (χ2n) is 9.45. The Hall–Kier alpha value is -6.25. The van der Waals surface area contributed by atoms with Crippen LogP contribution in [0.15, 0.2) is 136 Å². The Morgan fingerprint density at radius 2 is 1.30 bits per heavy atom. The monoisotopic (exact) mass is 586 g/mol. The number of rotatable bonds is 5. The first-order chi connectivity index (χ1) is 21.4. The van der Waals surface area contributed by atoms with E-state index in [0.717, 1.165) is 21.9 Å². The molecule has 220 valence electrons. The Bertz CT molecular complexity index is 2000. The van der Waals surface area contributed by atoms with E-state index in [0.29, 0.717) is 35.2 Å². The zero-order valence-electron chi connectivity index (χ0n) is 23.6. The van der Waals surface area contributed by atoms with Crippen molar-refractivity contribution in [2.45, 2.75) is 13.1 Å². The van der Waals surface area contributed by atoms with Gasteiger partial charge in [0.2, 0.25) is 6.08 Å². The second kappa shape index (κ2) is 15.7. The first kappa shape index (κ1) is 30.7. The van der Waals surface area contributed by atoms with Crippen molar-refractivity contribution in [2.24, 2.45) is 4.99 Å². The molecule has 2 heterocycles. The number of nitrogen functional groups attached to an aromatic ring is 1. The number of aromatic amines is 2. The number of hydrogen-bond donors (Lipinski definition) is 5. The molecule has 0 saturated heterocycles. The Balaban J connectivity index is 0.000000168. The summed E-state index contributed by atoms with van der Waals surface area (Å²) in [5, 5.41) is 8.47. The molecule has 2 amide bonds. The van der Waals surface area contributed by atoms with E-state index in [1.165, 1.54) is 6.08 Å². The van der Waals surface area contributed by atoms with Gasteiger partial charge in [-0.05, 0) is 70.4 Å². The molecule has 0 atom stereocenters. The summed E-state index contributed by atoms with van der Waals surface area (Å²) in [4.78, 5) is 53.0. The third-order valence-corrected chi connectivity index (χ3v) is 6.29. The van der Waals surface area contributed by atoms with E-state index in [-0.39, 0.29) is 17.1 Å². The number of carbonyl (C=O) groups excluding carboxylic acids is 2. The minimum absolute atomic E-state index is 0.0764. The summed E-state index contributed by atoms with van der Waals surface area (Å²) in [5.74, 6) is 0. The van der Waals surface area contributed by atoms with Crippen molar-refractivity contribution in [3.63, 3.8) is 0 Å². The van der Waals surface area contributed by atoms with E-state index < -0.39 is 0 Å². The normalized spacial score (nSPS) is 9.91. The molecule has 0 aliphatic carbocycles. The van der Waals surface area contributed by atoms with Gasteiger partial charge in [-0.15, -0.1) is 0 Å². The van der Waals surface area contributed by atoms with Gasteiger partial charge in [-0.25, -0.2) is 14.6 Å². The summed E-state index contributed by atoms with van der Waals surface area (Å²) < 4.78 is 0. The standard InChI is InChI=1S/C17H15N3O2.C9H8N2O.C8H7NO/c21-16-15-7-6-14(10-13(15)8-9-18-16)20-17(22)19-11-12-4-2-1-3-5-12;10-7-1-2-8-6(5-7)3-4-11-9(8)12;10-7-9-6-8-4-2-1-3-5-8/h1-10H,11H2,(H,18,21)(H2,19,20,22);1-5H,10H2,(H,11,12);1-5H,6H2. The summed E-state index contributed by atoms with van der Waals surface area (Å²) in [6.45, 7) is 0.893. The molecule has 6 aromatic rings. The highest BCUT2D eigenvalue weighted by Gasteiger charge is 2.04. The van der Waals surface area contributed by atoms with E-state index in [9.17, 15) is 19.2 Å². The number of pyridine rings is 2. The fourth-order valence-corrected chi connectivity index (χ4v) is 4.14. The number of nitrogens with two attached hydrogens (primary N) is 1. The third-order valence-electron chi connectivity index (χ3n) is 6.29. The highest BCUT2D eigenvalue weighted by molar-refractivity contribution is 5.93. The molecular formula is C34H30N6O4. The van der Waals surface area contributed by atoms with Crippen molar-refractivity contribution in [2.75, 3.05) is 11.1 Å². The summed E-state index contributed by atoms with van der Waals surface area (Å²) in [6, 6.07) is 33.0. The van der Waals surface area contributed by atoms with Crippen molar-refractivity contribution in [1.29, 1.82) is 0 Å². The molecule has 0 unspecified atom stereocenters. The molecule has 0 spiro atoms. The first-order valence-electron chi connectivity index (χ1n) is 13.6. The molecule has 6 rings (SSSR count). The lowest BCUT2D eigenvalue weighted by atomic mass is 10.1. The van der Waals surface area contributed by atoms with Crippen LogP contribution < -0.4 is 27.5 Å². The van der Waals surface area contributed by atoms with E-state index in [4.69, 9.17) is 5.73 Å². The second-order valence-corrected chi connectivity index (χ2v) is 9.45. The van der Waals surface area contributed by atoms with Gasteiger partial charge in [-0.3, -0.25) is 9.59 Å². The lowest BCUT2D eigenvalue weighted by molar-refractivity contribution is 0.251. The van der Waals surface area contributed by atoms with Gasteiger partial charge >= 0.3 is 6.03 Å². The molecule has 6 N–H and O–H groups in total. The van der Waals surface area contributed by atoms with Gasteiger partial charge < -0.3 is 26.3 Å². The Morgan fingerprint density at radius 1 is 0.727 bits per heavy atom. The molecule has 10 heteroatoms. The van der Waals surface area contributed by atoms with E-state index >= 15 is 0 Å². The fourth-order valence-electron chi connectivity index (χ4n) is 4.14. The number of anilines is 2. The summed E-state index contributed by atoms with van der Waals surface area (Å²) in [6.07, 6.45) is 4.69. The molecule has 0 saturated carbocycles. The maximum absolute atomic E-state index is 11.9. The van der Waals surface area contributed by atoms with Crippen molar-refractivity contribution in [3.05, 3.63) is 153 Å². The number of hydrogen-bond acceptors (Lipinski definition) is 6. The average Bonchev–Trinajstić information content (AvgIpc) is 3.04. The van der Waals surface area contributed by atoms with Crippen LogP contribution in [0.4, 0.5) is 16.2 Å². The van der Waals surface area contributed by atoms with Gasteiger partial charge in [-0.2, -0.15) is 0 Å². The highest BCUT2D eigenvalue weighted by Crippen LogP contribution is 2.16. The minimum atomic E-state index is -0.284. The molecule has 10 nitrogen and oxygen atoms in total. The van der Waals surface area contributed by atoms with Crippen LogP contribution in [-0.4, -0.2) is 22.1 Å². The van der Waals surface area contributed by atoms with Gasteiger partial charge in [0.25, 0.3) is 11.1 Å². The molecule has 0 fully saturated rings. The zero-order valence-corrected chi connectivity index (χ0v) is 23.6. The molecule has 44 heavy (non-hydrogen) atoms. The summed E-state index contributed by atoms with van der Waals surface area (Å²) in [5.41, 5.74) is 8.72. The first-order valence-corrected chi connectivity index (χ1v) is 13.6. The number of H-pyrrole nitrogens is 2. The molecule has 2 aromatic heterocycles. The predicted molar refractivity (Wildman–Crippen MR) is 174 cm³/mol. The number of nitrogens with one attached hydrogen (secondary N) is 4. The van der Waals surface area contributed by atoms with Crippen LogP contribution in [0.2, 0.25) is 0 Å². The Morgan fingerprint density at radius 3 is 1.91 bits per heavy atom. The molecule has 0 aliphatic rings. The van der Waals surface area contributed by atoms with Gasteiger partial charge in [0, 0.05) is 41.1 Å². The van der Waals surface area contributed by atoms with Crippen molar-refractivity contribution >= 4 is 45.0 Å². The lowest BCUT2D eigenvalue weighted by Crippen LogP contribution is -2.28. The number of amides is 2. The maximum atomic E-state index is 11.9. The number of carbonyl (C=O) groups is 1. The number of isocyanates is 1. The minimum Gasteiger partial charge on any atom is -0.399 e. The van der Waals surface area contributed by atoms with Gasteiger partial charge in [-0.1, -0.05) is 60.7 Å². The number of benzene rings is 4. The molecule has 0 radical (unpaired) electrons. The number of aromatic nitrogens is 2. The molecule has 0 aliphatic heterocycles. The van der Waals surface area contributed by atoms with Crippen molar-refractivity contribution in [3.8, 4) is 0 Å². The topological polar surface area (TPSA) is 162 Å². The molecule has 4 aromatic carbocycles. The van der Waals surface area contributed by atoms with Crippen LogP contribution >= 0.6 is 0 Å². The number of aliphatic imine (C=N–C) groups is 1. The van der Waals surface area contributed by atoms with Crippen LogP contribution in [-0.2, 0) is 17.9 Å². The maximum Gasteiger partial charge on any atom is 0.319 e. The van der Waals surface area contributed by atoms with Gasteiger partial charge in [0.1, 0.15) is 0 Å². The van der Waals surface area contributed by atoms with Crippen LogP contribution in [0.25, 0.3) is 21.5 Å². The van der Waals surface area contributed by atoms with E-state index in [1.54, 1.807) is 54.9 Å². The zero-order chi connectivity index (χ0) is 31.1. The average molecular weight is 587 g/mol. The third kappa shape index (κ3) is 9.13. The largest absolute Gasteiger partial charge is 0.399 e. The number of fused-ring (bicyclic) bond motifs is 2. The van der Waals surface area contributed by atoms with Crippen LogP contribution in [0, 0.1) is 0 Å². The van der Waals surface area contributed by atoms with Crippen molar-refractivity contribution in [1.82, 2.24) is 15.3 Å². The van der Waals surface area contributed by atoms with Crippen molar-refractivity contribution < 1.29 is 9.59 Å². The van der Waals surface area contributed by atoms with Crippen LogP contribution in [0.3, 0.4) is 0 Å². The van der Waals surface area contributed by atoms with Crippen LogP contribution in [0.5, 0.6) is 0 Å². The summed E-state index contributed by atoms with van der Waals surface area (Å²) >= 11 is 0. The van der Waals surface area contributed by atoms with Gasteiger partial charge in [0.05, 0.1) is 6.54 Å². The van der Waals surface area contributed by atoms with E-state index in [2.05, 4.69) is 25.6 Å². The van der Waals surface area contributed by atoms with Gasteiger partial charge in [0.15, 0.2) is 0 Å². The number of nitrogens with zero attached hydrogens (tertiary/aromatic N) is 1. The lowest BCUT2D eigenvalue weighted by Gasteiger charge is -2.08. The predicted octanol–water partition coefficient (Wildman–Crippen LogP) is 5.48. The quantitative estimate of drug-likeness (QED) is 0.102.